The Morgan fingerprint density at radius 2 is 1.92 bits per heavy atom. The summed E-state index contributed by atoms with van der Waals surface area (Å²) in [6.45, 7) is 3.68. The second-order valence-corrected chi connectivity index (χ2v) is 10.1. The lowest BCUT2D eigenvalue weighted by molar-refractivity contribution is 0.0534. The van der Waals surface area contributed by atoms with Gasteiger partial charge in [-0.2, -0.15) is 4.31 Å². The Hall–Kier alpha value is -0.920. The van der Waals surface area contributed by atoms with Crippen LogP contribution in [-0.4, -0.2) is 60.0 Å². The van der Waals surface area contributed by atoms with E-state index in [-0.39, 0.29) is 0 Å². The second-order valence-electron chi connectivity index (χ2n) is 8.15. The van der Waals surface area contributed by atoms with E-state index in [1.165, 1.54) is 44.9 Å². The predicted octanol–water partition coefficient (Wildman–Crippen LogP) is 2.10. The molecule has 0 aromatic carbocycles. The van der Waals surface area contributed by atoms with Crippen LogP contribution in [0.4, 0.5) is 0 Å². The van der Waals surface area contributed by atoms with E-state index >= 15 is 0 Å². The summed E-state index contributed by atoms with van der Waals surface area (Å²) in [5.74, 6) is 0.834. The molecule has 1 aromatic heterocycles. The standard InChI is InChI=1S/C18H30N4O2S/c1-25(23,24)22-10-7-16-17(20-14-19-16)18(22)8-11-21(12-9-18)13-15-5-3-2-4-6-15/h14-15H,2-13H2,1H3,(H,19,20). The Morgan fingerprint density at radius 3 is 2.60 bits per heavy atom. The molecule has 0 atom stereocenters. The van der Waals surface area contributed by atoms with Crippen LogP contribution in [0.5, 0.6) is 0 Å². The quantitative estimate of drug-likeness (QED) is 0.889. The van der Waals surface area contributed by atoms with Gasteiger partial charge in [0.1, 0.15) is 0 Å². The number of hydrogen-bond donors (Lipinski definition) is 1. The fourth-order valence-electron chi connectivity index (χ4n) is 5.27. The molecule has 140 valence electrons. The van der Waals surface area contributed by atoms with Crippen LogP contribution in [0.25, 0.3) is 0 Å². The maximum Gasteiger partial charge on any atom is 0.212 e. The van der Waals surface area contributed by atoms with Crippen molar-refractivity contribution in [3.63, 3.8) is 0 Å². The summed E-state index contributed by atoms with van der Waals surface area (Å²) in [4.78, 5) is 10.3. The van der Waals surface area contributed by atoms with Gasteiger partial charge in [0.2, 0.25) is 10.0 Å². The van der Waals surface area contributed by atoms with Gasteiger partial charge >= 0.3 is 0 Å². The zero-order valence-corrected chi connectivity index (χ0v) is 16.0. The van der Waals surface area contributed by atoms with Gasteiger partial charge in [-0.25, -0.2) is 13.4 Å². The topological polar surface area (TPSA) is 69.3 Å². The molecule has 25 heavy (non-hydrogen) atoms. The molecule has 1 N–H and O–H groups in total. The first-order chi connectivity index (χ1) is 12.0. The van der Waals surface area contributed by atoms with E-state index in [0.29, 0.717) is 6.54 Å². The summed E-state index contributed by atoms with van der Waals surface area (Å²) in [6, 6.07) is 0. The van der Waals surface area contributed by atoms with Gasteiger partial charge in [-0.05, 0) is 31.6 Å². The number of rotatable bonds is 3. The van der Waals surface area contributed by atoms with Gasteiger partial charge in [-0.3, -0.25) is 0 Å². The van der Waals surface area contributed by atoms with E-state index in [1.807, 2.05) is 0 Å². The predicted molar refractivity (Wildman–Crippen MR) is 97.8 cm³/mol. The lowest BCUT2D eigenvalue weighted by Crippen LogP contribution is -2.58. The van der Waals surface area contributed by atoms with E-state index in [1.54, 1.807) is 10.6 Å². The van der Waals surface area contributed by atoms with Gasteiger partial charge in [0.15, 0.2) is 0 Å². The third kappa shape index (κ3) is 3.26. The van der Waals surface area contributed by atoms with E-state index in [0.717, 1.165) is 49.7 Å². The second kappa shape index (κ2) is 6.67. The molecule has 0 amide bonds. The Morgan fingerprint density at radius 1 is 1.20 bits per heavy atom. The minimum absolute atomic E-state index is 0.440. The lowest BCUT2D eigenvalue weighted by atomic mass is 9.80. The SMILES string of the molecule is CS(=O)(=O)N1CCc2[nH]cnc2C12CCN(CC1CCCCC1)CC2. The molecule has 6 nitrogen and oxygen atoms in total. The molecule has 1 aromatic rings. The molecule has 7 heteroatoms. The summed E-state index contributed by atoms with van der Waals surface area (Å²) in [6.07, 6.45) is 12.4. The Labute approximate surface area is 151 Å². The van der Waals surface area contributed by atoms with Crippen LogP contribution in [-0.2, 0) is 22.0 Å². The number of nitrogens with zero attached hydrogens (tertiary/aromatic N) is 3. The van der Waals surface area contributed by atoms with Crippen molar-refractivity contribution in [1.82, 2.24) is 19.2 Å². The number of imidazole rings is 1. The minimum atomic E-state index is -3.24. The van der Waals surface area contributed by atoms with Crippen molar-refractivity contribution in [3.8, 4) is 0 Å². The van der Waals surface area contributed by atoms with Crippen LogP contribution in [0.1, 0.15) is 56.3 Å². The molecular weight excluding hydrogens is 336 g/mol. The molecule has 4 rings (SSSR count). The third-order valence-electron chi connectivity index (χ3n) is 6.53. The number of sulfonamides is 1. The van der Waals surface area contributed by atoms with E-state index in [2.05, 4.69) is 14.9 Å². The maximum atomic E-state index is 12.5. The highest BCUT2D eigenvalue weighted by atomic mass is 32.2. The van der Waals surface area contributed by atoms with Crippen LogP contribution in [0.3, 0.4) is 0 Å². The maximum absolute atomic E-state index is 12.5. The van der Waals surface area contributed by atoms with Crippen molar-refractivity contribution in [3.05, 3.63) is 17.7 Å². The zero-order valence-electron chi connectivity index (χ0n) is 15.2. The Balaban J connectivity index is 1.52. The van der Waals surface area contributed by atoms with E-state index in [9.17, 15) is 8.42 Å². The van der Waals surface area contributed by atoms with Crippen molar-refractivity contribution in [1.29, 1.82) is 0 Å². The molecule has 2 fully saturated rings. The van der Waals surface area contributed by atoms with Crippen molar-refractivity contribution in [2.45, 2.75) is 56.9 Å². The summed E-state index contributed by atoms with van der Waals surface area (Å²) in [7, 11) is -3.24. The summed E-state index contributed by atoms with van der Waals surface area (Å²) >= 11 is 0. The highest BCUT2D eigenvalue weighted by Crippen LogP contribution is 2.43. The first kappa shape index (κ1) is 17.5. The molecule has 2 aliphatic heterocycles. The average molecular weight is 367 g/mol. The molecule has 3 aliphatic rings. The molecule has 3 heterocycles. The van der Waals surface area contributed by atoms with Crippen molar-refractivity contribution in [2.24, 2.45) is 5.92 Å². The van der Waals surface area contributed by atoms with E-state index in [4.69, 9.17) is 0 Å². The van der Waals surface area contributed by atoms with Gasteiger partial charge < -0.3 is 9.88 Å². The molecular formula is C18H30N4O2S. The highest BCUT2D eigenvalue weighted by molar-refractivity contribution is 7.88. The van der Waals surface area contributed by atoms with E-state index < -0.39 is 15.6 Å². The lowest BCUT2D eigenvalue weighted by Gasteiger charge is -2.49. The van der Waals surface area contributed by atoms with Gasteiger partial charge in [0, 0.05) is 38.3 Å². The molecule has 0 bridgehead atoms. The van der Waals surface area contributed by atoms with Gasteiger partial charge in [0.05, 0.1) is 23.8 Å². The van der Waals surface area contributed by atoms with Crippen molar-refractivity contribution < 1.29 is 8.42 Å². The summed E-state index contributed by atoms with van der Waals surface area (Å²) in [5.41, 5.74) is 1.66. The van der Waals surface area contributed by atoms with Crippen LogP contribution in [0, 0.1) is 5.92 Å². The fourth-order valence-corrected chi connectivity index (χ4v) is 6.59. The largest absolute Gasteiger partial charge is 0.348 e. The monoisotopic (exact) mass is 366 g/mol. The first-order valence-corrected chi connectivity index (χ1v) is 11.6. The van der Waals surface area contributed by atoms with Crippen LogP contribution < -0.4 is 0 Å². The summed E-state index contributed by atoms with van der Waals surface area (Å²) < 4.78 is 26.7. The molecule has 0 unspecified atom stereocenters. The number of aromatic amines is 1. The zero-order chi connectivity index (χ0) is 17.5. The number of likely N-dealkylation sites (tertiary alicyclic amines) is 1. The number of H-pyrrole nitrogens is 1. The minimum Gasteiger partial charge on any atom is -0.348 e. The number of aromatic nitrogens is 2. The Kier molecular flexibility index (Phi) is 4.67. The number of fused-ring (bicyclic) bond motifs is 2. The number of piperidine rings is 1. The van der Waals surface area contributed by atoms with Gasteiger partial charge in [0.25, 0.3) is 0 Å². The third-order valence-corrected chi connectivity index (χ3v) is 7.86. The molecule has 1 saturated heterocycles. The molecule has 1 spiro atoms. The first-order valence-electron chi connectivity index (χ1n) is 9.72. The van der Waals surface area contributed by atoms with Crippen molar-refractivity contribution in [2.75, 3.05) is 32.4 Å². The van der Waals surface area contributed by atoms with Crippen molar-refractivity contribution >= 4 is 10.0 Å². The fraction of sp³-hybridized carbons (Fsp3) is 0.833. The normalized spacial score (nSPS) is 26.0. The number of nitrogens with one attached hydrogen (secondary N) is 1. The molecule has 1 aliphatic carbocycles. The average Bonchev–Trinajstić information content (AvgIpc) is 3.07. The van der Waals surface area contributed by atoms with Gasteiger partial charge in [-0.15, -0.1) is 0 Å². The smallest absolute Gasteiger partial charge is 0.212 e. The number of hydrogen-bond acceptors (Lipinski definition) is 4. The van der Waals surface area contributed by atoms with Gasteiger partial charge in [-0.1, -0.05) is 19.3 Å². The molecule has 0 radical (unpaired) electrons. The molecule has 1 saturated carbocycles. The highest BCUT2D eigenvalue weighted by Gasteiger charge is 2.50. The summed E-state index contributed by atoms with van der Waals surface area (Å²) in [5, 5.41) is 0. The van der Waals surface area contributed by atoms with Crippen LogP contribution in [0.15, 0.2) is 6.33 Å². The Bertz CT molecular complexity index is 700. The van der Waals surface area contributed by atoms with Crippen LogP contribution >= 0.6 is 0 Å². The van der Waals surface area contributed by atoms with Crippen LogP contribution in [0.2, 0.25) is 0 Å².